The molecule has 0 heterocycles. The van der Waals surface area contributed by atoms with E-state index >= 15 is 0 Å². The van der Waals surface area contributed by atoms with Gasteiger partial charge in [0, 0.05) is 25.7 Å². The molecule has 0 aromatic heterocycles. The Hall–Kier alpha value is -0.630. The summed E-state index contributed by atoms with van der Waals surface area (Å²) in [5.74, 6) is 2.94. The molecule has 2 N–H and O–H groups in total. The van der Waals surface area contributed by atoms with Crippen LogP contribution in [0.4, 0.5) is 0 Å². The normalized spacial score (nSPS) is 10.8. The molecule has 0 amide bonds. The smallest absolute Gasteiger partial charge is 0.191 e. The number of halogens is 1. The van der Waals surface area contributed by atoms with Gasteiger partial charge >= 0.3 is 0 Å². The molecule has 1 aromatic carbocycles. The predicted octanol–water partition coefficient (Wildman–Crippen LogP) is 3.43. The summed E-state index contributed by atoms with van der Waals surface area (Å²) in [6.45, 7) is 6.40. The van der Waals surface area contributed by atoms with Crippen LogP contribution in [0.3, 0.4) is 0 Å². The van der Waals surface area contributed by atoms with Crippen molar-refractivity contribution in [2.24, 2.45) is 4.99 Å². The summed E-state index contributed by atoms with van der Waals surface area (Å²) >= 11 is 1.86. The van der Waals surface area contributed by atoms with E-state index in [0.29, 0.717) is 13.2 Å². The van der Waals surface area contributed by atoms with Gasteiger partial charge in [0.15, 0.2) is 5.96 Å². The van der Waals surface area contributed by atoms with E-state index in [0.717, 1.165) is 36.0 Å². The Balaban J connectivity index is 0.00000441. The Kier molecular flexibility index (Phi) is 12.5. The van der Waals surface area contributed by atoms with Crippen molar-refractivity contribution in [3.8, 4) is 5.75 Å². The van der Waals surface area contributed by atoms with Crippen LogP contribution in [0.2, 0.25) is 0 Å². The van der Waals surface area contributed by atoms with Crippen LogP contribution in [0, 0.1) is 6.92 Å². The molecule has 1 aromatic rings. The van der Waals surface area contributed by atoms with Crippen LogP contribution in [0.5, 0.6) is 5.75 Å². The quantitative estimate of drug-likeness (QED) is 0.283. The van der Waals surface area contributed by atoms with E-state index in [9.17, 15) is 0 Å². The first-order chi connectivity index (χ1) is 10.2. The third-order valence-electron chi connectivity index (χ3n) is 3.01. The maximum absolute atomic E-state index is 5.69. The van der Waals surface area contributed by atoms with Crippen LogP contribution in [-0.4, -0.2) is 38.2 Å². The number of aliphatic imine (C=N–C) groups is 1. The molecule has 1 rings (SSSR count). The molecule has 4 nitrogen and oxygen atoms in total. The molecular formula is C16H28IN3OS. The monoisotopic (exact) mass is 437 g/mol. The molecule has 22 heavy (non-hydrogen) atoms. The minimum atomic E-state index is 0. The highest BCUT2D eigenvalue weighted by atomic mass is 127. The highest BCUT2D eigenvalue weighted by molar-refractivity contribution is 14.0. The van der Waals surface area contributed by atoms with Gasteiger partial charge in [0.25, 0.3) is 0 Å². The summed E-state index contributed by atoms with van der Waals surface area (Å²) < 4.78 is 5.69. The molecule has 0 spiro atoms. The van der Waals surface area contributed by atoms with Gasteiger partial charge in [-0.1, -0.05) is 12.1 Å². The zero-order valence-corrected chi connectivity index (χ0v) is 17.1. The number of aryl methyl sites for hydroxylation is 1. The average Bonchev–Trinajstić information content (AvgIpc) is 2.48. The SMILES string of the molecule is CCOc1cc(C)ccc1CNC(=NC)NCCCSC.I. The first kappa shape index (κ1) is 21.4. The van der Waals surface area contributed by atoms with Crippen LogP contribution in [-0.2, 0) is 6.54 Å². The molecule has 126 valence electrons. The van der Waals surface area contributed by atoms with Crippen LogP contribution in [0.15, 0.2) is 23.2 Å². The number of hydrogen-bond donors (Lipinski definition) is 2. The van der Waals surface area contributed by atoms with Gasteiger partial charge < -0.3 is 15.4 Å². The van der Waals surface area contributed by atoms with E-state index in [2.05, 4.69) is 47.0 Å². The third kappa shape index (κ3) is 8.12. The Morgan fingerprint density at radius 2 is 2.09 bits per heavy atom. The van der Waals surface area contributed by atoms with E-state index in [1.807, 2.05) is 18.7 Å². The van der Waals surface area contributed by atoms with Crippen LogP contribution < -0.4 is 15.4 Å². The van der Waals surface area contributed by atoms with Gasteiger partial charge in [-0.2, -0.15) is 11.8 Å². The Bertz CT molecular complexity index is 455. The van der Waals surface area contributed by atoms with Crippen LogP contribution in [0.25, 0.3) is 0 Å². The first-order valence-corrected chi connectivity index (χ1v) is 8.76. The number of ether oxygens (including phenoxy) is 1. The molecule has 0 saturated heterocycles. The van der Waals surface area contributed by atoms with Gasteiger partial charge in [-0.3, -0.25) is 4.99 Å². The Morgan fingerprint density at radius 1 is 1.32 bits per heavy atom. The van der Waals surface area contributed by atoms with Gasteiger partial charge in [0.2, 0.25) is 0 Å². The molecule has 0 aliphatic rings. The number of nitrogens with one attached hydrogen (secondary N) is 2. The number of guanidine groups is 1. The fourth-order valence-electron chi connectivity index (χ4n) is 1.92. The van der Waals surface area contributed by atoms with E-state index in [-0.39, 0.29) is 24.0 Å². The molecule has 6 heteroatoms. The van der Waals surface area contributed by atoms with Crippen molar-refractivity contribution in [3.63, 3.8) is 0 Å². The van der Waals surface area contributed by atoms with E-state index < -0.39 is 0 Å². The highest BCUT2D eigenvalue weighted by Crippen LogP contribution is 2.20. The van der Waals surface area contributed by atoms with E-state index in [4.69, 9.17) is 4.74 Å². The largest absolute Gasteiger partial charge is 0.494 e. The van der Waals surface area contributed by atoms with Crippen LogP contribution in [0.1, 0.15) is 24.5 Å². The zero-order valence-electron chi connectivity index (χ0n) is 13.9. The molecule has 0 unspecified atom stereocenters. The van der Waals surface area contributed by atoms with Crippen molar-refractivity contribution in [2.75, 3.05) is 32.2 Å². The van der Waals surface area contributed by atoms with Gasteiger partial charge in [-0.05, 0) is 43.9 Å². The lowest BCUT2D eigenvalue weighted by Crippen LogP contribution is -2.37. The summed E-state index contributed by atoms with van der Waals surface area (Å²) in [4.78, 5) is 4.24. The van der Waals surface area contributed by atoms with Crippen molar-refractivity contribution in [2.45, 2.75) is 26.8 Å². The van der Waals surface area contributed by atoms with Crippen molar-refractivity contribution in [3.05, 3.63) is 29.3 Å². The fraction of sp³-hybridized carbons (Fsp3) is 0.562. The van der Waals surface area contributed by atoms with Crippen LogP contribution >= 0.6 is 35.7 Å². The van der Waals surface area contributed by atoms with Crippen molar-refractivity contribution >= 4 is 41.7 Å². The van der Waals surface area contributed by atoms with Crippen molar-refractivity contribution in [1.82, 2.24) is 10.6 Å². The van der Waals surface area contributed by atoms with Gasteiger partial charge in [0.1, 0.15) is 5.75 Å². The summed E-state index contributed by atoms with van der Waals surface area (Å²) in [6, 6.07) is 6.29. The molecule has 0 radical (unpaired) electrons. The summed E-state index contributed by atoms with van der Waals surface area (Å²) in [5.41, 5.74) is 2.36. The molecule has 0 aliphatic heterocycles. The lowest BCUT2D eigenvalue weighted by molar-refractivity contribution is 0.336. The summed E-state index contributed by atoms with van der Waals surface area (Å²) in [6.07, 6.45) is 3.26. The number of hydrogen-bond acceptors (Lipinski definition) is 3. The number of nitrogens with zero attached hydrogens (tertiary/aromatic N) is 1. The lowest BCUT2D eigenvalue weighted by atomic mass is 10.1. The third-order valence-corrected chi connectivity index (χ3v) is 3.71. The number of thioether (sulfide) groups is 1. The first-order valence-electron chi connectivity index (χ1n) is 7.37. The topological polar surface area (TPSA) is 45.6 Å². The molecule has 0 aliphatic carbocycles. The van der Waals surface area contributed by atoms with E-state index in [1.165, 1.54) is 5.56 Å². The highest BCUT2D eigenvalue weighted by Gasteiger charge is 2.05. The second-order valence-electron chi connectivity index (χ2n) is 4.74. The maximum atomic E-state index is 5.69. The van der Waals surface area contributed by atoms with E-state index in [1.54, 1.807) is 7.05 Å². The predicted molar refractivity (Wildman–Crippen MR) is 109 cm³/mol. The molecule has 0 bridgehead atoms. The molecule has 0 atom stereocenters. The minimum Gasteiger partial charge on any atom is -0.494 e. The Morgan fingerprint density at radius 3 is 2.73 bits per heavy atom. The molecule has 0 fully saturated rings. The second-order valence-corrected chi connectivity index (χ2v) is 5.73. The zero-order chi connectivity index (χ0) is 15.5. The maximum Gasteiger partial charge on any atom is 0.191 e. The lowest BCUT2D eigenvalue weighted by Gasteiger charge is -2.14. The Labute approximate surface area is 155 Å². The minimum absolute atomic E-state index is 0. The average molecular weight is 437 g/mol. The second kappa shape index (κ2) is 12.9. The fourth-order valence-corrected chi connectivity index (χ4v) is 2.35. The molecule has 0 saturated carbocycles. The van der Waals surface area contributed by atoms with Gasteiger partial charge in [-0.15, -0.1) is 24.0 Å². The standard InChI is InChI=1S/C16H27N3OS.HI/c1-5-20-15-11-13(2)7-8-14(15)12-19-16(17-3)18-9-6-10-21-4;/h7-8,11H,5-6,9-10,12H2,1-4H3,(H2,17,18,19);1H. The number of benzene rings is 1. The van der Waals surface area contributed by atoms with Crippen molar-refractivity contribution in [1.29, 1.82) is 0 Å². The van der Waals surface area contributed by atoms with Gasteiger partial charge in [0.05, 0.1) is 6.61 Å². The van der Waals surface area contributed by atoms with Gasteiger partial charge in [-0.25, -0.2) is 0 Å². The number of rotatable bonds is 8. The summed E-state index contributed by atoms with van der Waals surface area (Å²) in [5, 5.41) is 6.66. The molecular weight excluding hydrogens is 409 g/mol. The summed E-state index contributed by atoms with van der Waals surface area (Å²) in [7, 11) is 1.79. The van der Waals surface area contributed by atoms with Crippen molar-refractivity contribution < 1.29 is 4.74 Å².